The Hall–Kier alpha value is -2.79. The third-order valence-corrected chi connectivity index (χ3v) is 5.90. The van der Waals surface area contributed by atoms with Crippen molar-refractivity contribution in [2.24, 2.45) is 0 Å². The number of carbonyl (C=O) groups is 1. The minimum Gasteiger partial charge on any atom is -0.298 e. The number of para-hydroxylation sites is 2. The van der Waals surface area contributed by atoms with Crippen LogP contribution in [0.1, 0.15) is 52.8 Å². The van der Waals surface area contributed by atoms with Crippen LogP contribution in [0.15, 0.2) is 54.6 Å². The summed E-state index contributed by atoms with van der Waals surface area (Å²) in [5.74, 6) is 0.657. The van der Waals surface area contributed by atoms with E-state index in [0.29, 0.717) is 22.6 Å². The number of aromatic nitrogens is 2. The molecule has 2 aliphatic carbocycles. The number of fused-ring (bicyclic) bond motifs is 5. The molecule has 2 aromatic carbocycles. The highest BCUT2D eigenvalue weighted by atomic mass is 35.5. The molecule has 2 N–H and O–H groups in total. The second kappa shape index (κ2) is 6.43. The number of hydrogen-bond donors (Lipinski definition) is 2. The van der Waals surface area contributed by atoms with Gasteiger partial charge in [-0.3, -0.25) is 15.6 Å². The molecule has 0 spiro atoms. The fourth-order valence-corrected chi connectivity index (χ4v) is 4.63. The molecule has 0 aliphatic heterocycles. The number of benzene rings is 2. The van der Waals surface area contributed by atoms with Gasteiger partial charge in [-0.1, -0.05) is 41.9 Å². The number of hydrogen-bond acceptors (Lipinski definition) is 3. The standard InChI is InChI=1S/C21H19ClN4O/c22-16-8-4-5-9-17(16)26-20-14-11-10-13(12-14)18(20)19(25-26)21(27)24-23-15-6-2-1-3-7-15/h1-9,13-14,23H,10-12H2,(H,24,27)/t13-,14-/m0/s1. The van der Waals surface area contributed by atoms with Gasteiger partial charge < -0.3 is 0 Å². The lowest BCUT2D eigenvalue weighted by atomic mass is 9.95. The maximum atomic E-state index is 12.9. The van der Waals surface area contributed by atoms with Gasteiger partial charge in [0.15, 0.2) is 5.69 Å². The molecule has 5 nitrogen and oxygen atoms in total. The molecule has 0 saturated heterocycles. The molecule has 0 unspecified atom stereocenters. The van der Waals surface area contributed by atoms with Crippen LogP contribution in [-0.2, 0) is 0 Å². The van der Waals surface area contributed by atoms with Crippen LogP contribution >= 0.6 is 11.6 Å². The lowest BCUT2D eigenvalue weighted by Crippen LogP contribution is -2.30. The Balaban J connectivity index is 1.52. The number of amides is 1. The molecule has 1 fully saturated rings. The van der Waals surface area contributed by atoms with E-state index >= 15 is 0 Å². The van der Waals surface area contributed by atoms with E-state index in [-0.39, 0.29) is 5.91 Å². The molecule has 27 heavy (non-hydrogen) atoms. The molecule has 2 aliphatic rings. The van der Waals surface area contributed by atoms with Crippen molar-refractivity contribution in [2.45, 2.75) is 31.1 Å². The van der Waals surface area contributed by atoms with Crippen molar-refractivity contribution in [1.82, 2.24) is 15.2 Å². The van der Waals surface area contributed by atoms with Gasteiger partial charge in [-0.05, 0) is 49.4 Å². The van der Waals surface area contributed by atoms with Crippen molar-refractivity contribution in [3.8, 4) is 5.69 Å². The Morgan fingerprint density at radius 1 is 1.04 bits per heavy atom. The van der Waals surface area contributed by atoms with E-state index in [9.17, 15) is 4.79 Å². The Morgan fingerprint density at radius 3 is 2.59 bits per heavy atom. The van der Waals surface area contributed by atoms with Crippen molar-refractivity contribution in [1.29, 1.82) is 0 Å². The van der Waals surface area contributed by atoms with E-state index in [4.69, 9.17) is 16.7 Å². The van der Waals surface area contributed by atoms with E-state index in [2.05, 4.69) is 10.9 Å². The number of nitrogens with zero attached hydrogens (tertiary/aromatic N) is 2. The predicted octanol–water partition coefficient (Wildman–Crippen LogP) is 4.65. The number of rotatable bonds is 4. The fraction of sp³-hybridized carbons (Fsp3) is 0.238. The molecule has 1 saturated carbocycles. The monoisotopic (exact) mass is 378 g/mol. The van der Waals surface area contributed by atoms with Gasteiger partial charge in [0.25, 0.3) is 5.91 Å². The van der Waals surface area contributed by atoms with Gasteiger partial charge in [0.05, 0.1) is 22.1 Å². The van der Waals surface area contributed by atoms with E-state index < -0.39 is 0 Å². The van der Waals surface area contributed by atoms with Crippen molar-refractivity contribution < 1.29 is 4.79 Å². The summed E-state index contributed by atoms with van der Waals surface area (Å²) >= 11 is 6.42. The van der Waals surface area contributed by atoms with Gasteiger partial charge in [0.2, 0.25) is 0 Å². The minimum atomic E-state index is -0.214. The Labute approximate surface area is 162 Å². The van der Waals surface area contributed by atoms with Gasteiger partial charge in [-0.25, -0.2) is 4.68 Å². The molecular weight excluding hydrogens is 360 g/mol. The summed E-state index contributed by atoms with van der Waals surface area (Å²) in [5.41, 5.74) is 10.2. The molecule has 1 heterocycles. The van der Waals surface area contributed by atoms with E-state index in [1.807, 2.05) is 59.3 Å². The van der Waals surface area contributed by atoms with Crippen molar-refractivity contribution in [2.75, 3.05) is 5.43 Å². The van der Waals surface area contributed by atoms with Crippen LogP contribution in [0.5, 0.6) is 0 Å². The molecule has 2 bridgehead atoms. The van der Waals surface area contributed by atoms with Gasteiger partial charge in [0.1, 0.15) is 0 Å². The van der Waals surface area contributed by atoms with Crippen LogP contribution in [0, 0.1) is 0 Å². The average Bonchev–Trinajstić information content (AvgIpc) is 3.40. The van der Waals surface area contributed by atoms with Crippen LogP contribution in [0.25, 0.3) is 5.69 Å². The zero-order valence-electron chi connectivity index (χ0n) is 14.7. The third-order valence-electron chi connectivity index (χ3n) is 5.58. The number of carbonyl (C=O) groups excluding carboxylic acids is 1. The zero-order chi connectivity index (χ0) is 18.4. The summed E-state index contributed by atoms with van der Waals surface area (Å²) in [7, 11) is 0. The van der Waals surface area contributed by atoms with Crippen LogP contribution in [0.3, 0.4) is 0 Å². The van der Waals surface area contributed by atoms with E-state index in [1.165, 1.54) is 0 Å². The van der Waals surface area contributed by atoms with Crippen molar-refractivity contribution in [3.63, 3.8) is 0 Å². The topological polar surface area (TPSA) is 59.0 Å². The SMILES string of the molecule is O=C(NNc1ccccc1)c1nn(-c2ccccc2Cl)c2c1[C@H]1CC[C@H]2C1. The Morgan fingerprint density at radius 2 is 1.78 bits per heavy atom. The molecule has 2 atom stereocenters. The fourth-order valence-electron chi connectivity index (χ4n) is 4.42. The number of halogens is 1. The number of nitrogens with one attached hydrogen (secondary N) is 2. The van der Waals surface area contributed by atoms with Crippen LogP contribution in [0.4, 0.5) is 5.69 Å². The van der Waals surface area contributed by atoms with Gasteiger partial charge in [0, 0.05) is 11.5 Å². The predicted molar refractivity (Wildman–Crippen MR) is 105 cm³/mol. The molecule has 6 heteroatoms. The second-order valence-corrected chi connectivity index (χ2v) is 7.57. The molecule has 1 aromatic heterocycles. The van der Waals surface area contributed by atoms with Crippen LogP contribution in [-0.4, -0.2) is 15.7 Å². The summed E-state index contributed by atoms with van der Waals surface area (Å²) < 4.78 is 1.89. The van der Waals surface area contributed by atoms with Crippen molar-refractivity contribution >= 4 is 23.2 Å². The Kier molecular flexibility index (Phi) is 3.90. The van der Waals surface area contributed by atoms with Gasteiger partial charge in [-0.2, -0.15) is 5.10 Å². The smallest absolute Gasteiger partial charge is 0.290 e. The first-order valence-electron chi connectivity index (χ1n) is 9.21. The lowest BCUT2D eigenvalue weighted by Gasteiger charge is -2.14. The molecular formula is C21H19ClN4O. The summed E-state index contributed by atoms with van der Waals surface area (Å²) in [6, 6.07) is 17.2. The molecule has 3 aromatic rings. The molecule has 1 amide bonds. The van der Waals surface area contributed by atoms with E-state index in [0.717, 1.165) is 41.9 Å². The first-order valence-corrected chi connectivity index (χ1v) is 9.59. The maximum Gasteiger partial charge on any atom is 0.290 e. The first-order chi connectivity index (χ1) is 13.2. The van der Waals surface area contributed by atoms with Gasteiger partial charge >= 0.3 is 0 Å². The summed E-state index contributed by atoms with van der Waals surface area (Å²) in [6.45, 7) is 0. The van der Waals surface area contributed by atoms with Crippen LogP contribution in [0.2, 0.25) is 5.02 Å². The quantitative estimate of drug-likeness (QED) is 0.650. The van der Waals surface area contributed by atoms with E-state index in [1.54, 1.807) is 0 Å². The molecule has 136 valence electrons. The third kappa shape index (κ3) is 2.70. The lowest BCUT2D eigenvalue weighted by molar-refractivity contribution is 0.0956. The average molecular weight is 379 g/mol. The molecule has 0 radical (unpaired) electrons. The maximum absolute atomic E-state index is 12.9. The first kappa shape index (κ1) is 16.4. The van der Waals surface area contributed by atoms with Crippen molar-refractivity contribution in [3.05, 3.63) is 76.6 Å². The summed E-state index contributed by atoms with van der Waals surface area (Å²) in [4.78, 5) is 12.9. The zero-order valence-corrected chi connectivity index (χ0v) is 15.4. The highest BCUT2D eigenvalue weighted by molar-refractivity contribution is 6.32. The number of hydrazine groups is 1. The summed E-state index contributed by atoms with van der Waals surface area (Å²) in [6.07, 6.45) is 3.37. The van der Waals surface area contributed by atoms with Crippen LogP contribution < -0.4 is 10.9 Å². The summed E-state index contributed by atoms with van der Waals surface area (Å²) in [5, 5.41) is 5.33. The second-order valence-electron chi connectivity index (χ2n) is 7.16. The largest absolute Gasteiger partial charge is 0.298 e. The Bertz CT molecular complexity index is 1010. The van der Waals surface area contributed by atoms with Gasteiger partial charge in [-0.15, -0.1) is 0 Å². The molecule has 5 rings (SSSR count). The highest BCUT2D eigenvalue weighted by Gasteiger charge is 2.44. The highest BCUT2D eigenvalue weighted by Crippen LogP contribution is 2.54. The minimum absolute atomic E-state index is 0.214. The number of anilines is 1. The normalized spacial score (nSPS) is 19.7.